The van der Waals surface area contributed by atoms with Crippen molar-refractivity contribution >= 4 is 5.97 Å². The first-order valence-corrected chi connectivity index (χ1v) is 5.49. The van der Waals surface area contributed by atoms with E-state index in [-0.39, 0.29) is 12.0 Å². The van der Waals surface area contributed by atoms with Gasteiger partial charge in [0.1, 0.15) is 17.1 Å². The highest BCUT2D eigenvalue weighted by Crippen LogP contribution is 2.15. The predicted octanol–water partition coefficient (Wildman–Crippen LogP) is 1.88. The normalized spacial score (nSPS) is 11.9. The Morgan fingerprint density at radius 3 is 2.94 bits per heavy atom. The molecule has 0 saturated heterocycles. The molecule has 1 N–H and O–H groups in total. The summed E-state index contributed by atoms with van der Waals surface area (Å²) in [4.78, 5) is 11.4. The first kappa shape index (κ1) is 13.3. The van der Waals surface area contributed by atoms with Crippen molar-refractivity contribution in [2.45, 2.75) is 32.9 Å². The molecule has 0 amide bonds. The minimum atomic E-state index is -0.388. The number of ether oxygens (including phenoxy) is 1. The van der Waals surface area contributed by atoms with E-state index in [0.29, 0.717) is 23.6 Å². The number of rotatable bonds is 5. The van der Waals surface area contributed by atoms with Gasteiger partial charge in [-0.1, -0.05) is 12.8 Å². The lowest BCUT2D eigenvalue weighted by Crippen LogP contribution is -2.25. The fourth-order valence-corrected chi connectivity index (χ4v) is 1.49. The van der Waals surface area contributed by atoms with Crippen LogP contribution in [0.4, 0.5) is 0 Å². The van der Waals surface area contributed by atoms with Crippen molar-refractivity contribution in [3.05, 3.63) is 23.2 Å². The number of hydrogen-bond donors (Lipinski definition) is 1. The van der Waals surface area contributed by atoms with Gasteiger partial charge in [0, 0.05) is 0 Å². The molecule has 4 nitrogen and oxygen atoms in total. The third-order valence-corrected chi connectivity index (χ3v) is 2.51. The summed E-state index contributed by atoms with van der Waals surface area (Å²) in [7, 11) is 1.35. The summed E-state index contributed by atoms with van der Waals surface area (Å²) in [5.74, 6) is 3.48. The Bertz CT molecular complexity index is 428. The molecule has 17 heavy (non-hydrogen) atoms. The number of methoxy groups -OCH3 is 1. The Balaban J connectivity index is 2.68. The average Bonchev–Trinajstić information content (AvgIpc) is 2.71. The van der Waals surface area contributed by atoms with Crippen LogP contribution in [0.15, 0.2) is 10.5 Å². The van der Waals surface area contributed by atoms with E-state index in [1.165, 1.54) is 7.11 Å². The van der Waals surface area contributed by atoms with Crippen LogP contribution in [0.25, 0.3) is 0 Å². The van der Waals surface area contributed by atoms with Crippen LogP contribution in [0.2, 0.25) is 0 Å². The van der Waals surface area contributed by atoms with E-state index in [2.05, 4.69) is 16.0 Å². The molecular weight excluding hydrogens is 218 g/mol. The van der Waals surface area contributed by atoms with Crippen molar-refractivity contribution in [1.29, 1.82) is 0 Å². The Morgan fingerprint density at radius 1 is 1.71 bits per heavy atom. The topological polar surface area (TPSA) is 51.5 Å². The van der Waals surface area contributed by atoms with Gasteiger partial charge in [0.2, 0.25) is 0 Å². The first-order valence-electron chi connectivity index (χ1n) is 5.49. The Morgan fingerprint density at radius 2 is 2.41 bits per heavy atom. The summed E-state index contributed by atoms with van der Waals surface area (Å²) in [6, 6.07) is 1.69. The van der Waals surface area contributed by atoms with E-state index in [1.807, 2.05) is 6.92 Å². The first-order chi connectivity index (χ1) is 8.12. The zero-order chi connectivity index (χ0) is 12.8. The number of aryl methyl sites for hydroxylation is 1. The number of hydrogen-bond acceptors (Lipinski definition) is 4. The van der Waals surface area contributed by atoms with Gasteiger partial charge in [0.05, 0.1) is 19.7 Å². The predicted molar refractivity (Wildman–Crippen MR) is 64.5 cm³/mol. The maximum absolute atomic E-state index is 11.4. The minimum Gasteiger partial charge on any atom is -0.465 e. The van der Waals surface area contributed by atoms with Gasteiger partial charge in [-0.05, 0) is 19.4 Å². The van der Waals surface area contributed by atoms with Gasteiger partial charge < -0.3 is 9.15 Å². The highest BCUT2D eigenvalue weighted by atomic mass is 16.5. The Hall–Kier alpha value is -1.73. The van der Waals surface area contributed by atoms with Crippen molar-refractivity contribution in [2.24, 2.45) is 0 Å². The van der Waals surface area contributed by atoms with Gasteiger partial charge in [-0.15, -0.1) is 6.42 Å². The highest BCUT2D eigenvalue weighted by molar-refractivity contribution is 5.90. The molecule has 0 saturated carbocycles. The van der Waals surface area contributed by atoms with Gasteiger partial charge in [-0.25, -0.2) is 4.79 Å². The molecular formula is C13H17NO3. The van der Waals surface area contributed by atoms with Crippen LogP contribution in [0.3, 0.4) is 0 Å². The number of esters is 1. The van der Waals surface area contributed by atoms with Crippen LogP contribution in [0.1, 0.15) is 35.2 Å². The molecule has 0 radical (unpaired) electrons. The number of terminal acetylenes is 1. The molecule has 1 aromatic rings. The lowest BCUT2D eigenvalue weighted by Gasteiger charge is -2.08. The van der Waals surface area contributed by atoms with Gasteiger partial charge >= 0.3 is 5.97 Å². The second-order valence-corrected chi connectivity index (χ2v) is 3.68. The molecule has 0 aliphatic carbocycles. The van der Waals surface area contributed by atoms with Gasteiger partial charge in [0.25, 0.3) is 0 Å². The largest absolute Gasteiger partial charge is 0.465 e. The zero-order valence-corrected chi connectivity index (χ0v) is 10.4. The molecule has 1 unspecified atom stereocenters. The lowest BCUT2D eigenvalue weighted by atomic mass is 10.2. The zero-order valence-electron chi connectivity index (χ0n) is 10.4. The average molecular weight is 235 g/mol. The van der Waals surface area contributed by atoms with E-state index in [9.17, 15) is 4.79 Å². The Kier molecular flexibility index (Phi) is 4.80. The van der Waals surface area contributed by atoms with Crippen molar-refractivity contribution in [2.75, 3.05) is 7.11 Å². The quantitative estimate of drug-likeness (QED) is 0.625. The van der Waals surface area contributed by atoms with Crippen LogP contribution in [0, 0.1) is 19.3 Å². The smallest absolute Gasteiger partial charge is 0.341 e. The van der Waals surface area contributed by atoms with Crippen LogP contribution < -0.4 is 5.32 Å². The summed E-state index contributed by atoms with van der Waals surface area (Å²) < 4.78 is 10.1. The molecule has 0 spiro atoms. The molecule has 1 heterocycles. The van der Waals surface area contributed by atoms with Crippen molar-refractivity contribution < 1.29 is 13.9 Å². The maximum atomic E-state index is 11.4. The van der Waals surface area contributed by atoms with Crippen molar-refractivity contribution in [3.63, 3.8) is 0 Å². The molecule has 1 aromatic heterocycles. The van der Waals surface area contributed by atoms with Crippen LogP contribution in [-0.4, -0.2) is 19.1 Å². The minimum absolute atomic E-state index is 0.0157. The third kappa shape index (κ3) is 3.36. The molecule has 4 heteroatoms. The summed E-state index contributed by atoms with van der Waals surface area (Å²) in [6.45, 7) is 4.24. The summed E-state index contributed by atoms with van der Waals surface area (Å²) in [5, 5.41) is 3.15. The van der Waals surface area contributed by atoms with Gasteiger partial charge in [-0.2, -0.15) is 0 Å². The molecule has 92 valence electrons. The molecule has 0 bridgehead atoms. The highest BCUT2D eigenvalue weighted by Gasteiger charge is 2.15. The van der Waals surface area contributed by atoms with Gasteiger partial charge in [-0.3, -0.25) is 5.32 Å². The number of carbonyl (C=O) groups excluding carboxylic acids is 1. The summed E-state index contributed by atoms with van der Waals surface area (Å²) in [6.07, 6.45) is 6.18. The molecule has 0 aromatic carbocycles. The lowest BCUT2D eigenvalue weighted by molar-refractivity contribution is 0.0599. The van der Waals surface area contributed by atoms with Crippen LogP contribution >= 0.6 is 0 Å². The summed E-state index contributed by atoms with van der Waals surface area (Å²) in [5.41, 5.74) is 0.457. The monoisotopic (exact) mass is 235 g/mol. The van der Waals surface area contributed by atoms with E-state index in [4.69, 9.17) is 10.8 Å². The van der Waals surface area contributed by atoms with Crippen LogP contribution in [-0.2, 0) is 11.3 Å². The van der Waals surface area contributed by atoms with Crippen molar-refractivity contribution in [3.8, 4) is 12.3 Å². The molecule has 0 aliphatic rings. The van der Waals surface area contributed by atoms with Crippen molar-refractivity contribution in [1.82, 2.24) is 5.32 Å². The van der Waals surface area contributed by atoms with E-state index in [1.54, 1.807) is 13.0 Å². The molecule has 0 fully saturated rings. The second kappa shape index (κ2) is 6.12. The number of furan rings is 1. The summed E-state index contributed by atoms with van der Waals surface area (Å²) >= 11 is 0. The van der Waals surface area contributed by atoms with E-state index in [0.717, 1.165) is 6.42 Å². The number of carbonyl (C=O) groups is 1. The molecule has 1 atom stereocenters. The second-order valence-electron chi connectivity index (χ2n) is 3.68. The fourth-order valence-electron chi connectivity index (χ4n) is 1.49. The van der Waals surface area contributed by atoms with E-state index < -0.39 is 0 Å². The fraction of sp³-hybridized carbons (Fsp3) is 0.462. The maximum Gasteiger partial charge on any atom is 0.341 e. The number of nitrogens with one attached hydrogen (secondary N) is 1. The SMILES string of the molecule is C#CC(CC)NCc1cc(C(=O)OC)c(C)o1. The standard InChI is InChI=1S/C13H17NO3/c1-5-10(6-2)14-8-11-7-12(9(3)17-11)13(15)16-4/h1,7,10,14H,6,8H2,2-4H3. The third-order valence-electron chi connectivity index (χ3n) is 2.51. The molecule has 1 rings (SSSR count). The Labute approximate surface area is 101 Å². The van der Waals surface area contributed by atoms with Crippen LogP contribution in [0.5, 0.6) is 0 Å². The van der Waals surface area contributed by atoms with E-state index >= 15 is 0 Å². The van der Waals surface area contributed by atoms with Gasteiger partial charge in [0.15, 0.2) is 0 Å². The molecule has 0 aliphatic heterocycles.